The zero-order chi connectivity index (χ0) is 13.1. The van der Waals surface area contributed by atoms with Gasteiger partial charge >= 0.3 is 0 Å². The largest absolute Gasteiger partial charge is 0.465 e. The van der Waals surface area contributed by atoms with Crippen molar-refractivity contribution in [1.82, 2.24) is 5.32 Å². The lowest BCUT2D eigenvalue weighted by Gasteiger charge is -2.17. The number of rotatable bonds is 5. The second kappa shape index (κ2) is 5.84. The van der Waals surface area contributed by atoms with Crippen molar-refractivity contribution in [2.24, 2.45) is 5.92 Å². The van der Waals surface area contributed by atoms with Crippen molar-refractivity contribution in [2.45, 2.75) is 38.1 Å². The number of methoxy groups -OCH3 is 1. The van der Waals surface area contributed by atoms with Crippen molar-refractivity contribution >= 4 is 0 Å². The Balaban J connectivity index is 1.86. The highest BCUT2D eigenvalue weighted by atomic mass is 16.5. The second-order valence-electron chi connectivity index (χ2n) is 4.93. The fourth-order valence-electron chi connectivity index (χ4n) is 2.52. The van der Waals surface area contributed by atoms with E-state index in [1.165, 1.54) is 0 Å². The van der Waals surface area contributed by atoms with Crippen LogP contribution in [0.1, 0.15) is 17.9 Å². The summed E-state index contributed by atoms with van der Waals surface area (Å²) in [6.07, 6.45) is -0.766. The lowest BCUT2D eigenvalue weighted by atomic mass is 10.1. The molecule has 0 radical (unpaired) electrons. The Labute approximate surface area is 107 Å². The number of nitrogens with one attached hydrogen (secondary N) is 1. The Morgan fingerprint density at radius 2 is 2.17 bits per heavy atom. The van der Waals surface area contributed by atoms with E-state index in [1.54, 1.807) is 7.11 Å². The highest BCUT2D eigenvalue weighted by Crippen LogP contribution is 2.27. The average Bonchev–Trinajstić information content (AvgIpc) is 2.87. The number of ether oxygens (including phenoxy) is 1. The third-order valence-electron chi connectivity index (χ3n) is 3.52. The summed E-state index contributed by atoms with van der Waals surface area (Å²) in [6, 6.07) is 3.70. The standard InChI is InChI=1S/C13H21NO4/c1-8-3-4-10(18-8)6-14-11-5-9(7-17-2)12(15)13(11)16/h3-4,9,11-16H,5-7H2,1-2H3. The van der Waals surface area contributed by atoms with E-state index >= 15 is 0 Å². The smallest absolute Gasteiger partial charge is 0.117 e. The number of aliphatic hydroxyl groups excluding tert-OH is 2. The van der Waals surface area contributed by atoms with Gasteiger partial charge in [0.25, 0.3) is 0 Å². The normalized spacial score (nSPS) is 32.0. The minimum Gasteiger partial charge on any atom is -0.465 e. The molecule has 5 heteroatoms. The molecule has 4 atom stereocenters. The van der Waals surface area contributed by atoms with Gasteiger partial charge in [-0.3, -0.25) is 0 Å². The van der Waals surface area contributed by atoms with Gasteiger partial charge in [0.15, 0.2) is 0 Å². The summed E-state index contributed by atoms with van der Waals surface area (Å²) in [5, 5.41) is 23.0. The molecule has 1 aliphatic rings. The van der Waals surface area contributed by atoms with Crippen LogP contribution in [-0.2, 0) is 11.3 Å². The molecule has 0 aliphatic heterocycles. The Bertz CT molecular complexity index is 379. The fraction of sp³-hybridized carbons (Fsp3) is 0.692. The van der Waals surface area contributed by atoms with Gasteiger partial charge in [0.2, 0.25) is 0 Å². The van der Waals surface area contributed by atoms with Gasteiger partial charge in [-0.25, -0.2) is 0 Å². The quantitative estimate of drug-likeness (QED) is 0.711. The average molecular weight is 255 g/mol. The van der Waals surface area contributed by atoms with Crippen LogP contribution in [0, 0.1) is 12.8 Å². The van der Waals surface area contributed by atoms with Crippen LogP contribution >= 0.6 is 0 Å². The highest BCUT2D eigenvalue weighted by molar-refractivity contribution is 5.06. The van der Waals surface area contributed by atoms with Crippen LogP contribution < -0.4 is 5.32 Å². The van der Waals surface area contributed by atoms with E-state index in [4.69, 9.17) is 9.15 Å². The number of hydrogen-bond donors (Lipinski definition) is 3. The molecule has 0 bridgehead atoms. The topological polar surface area (TPSA) is 74.9 Å². The SMILES string of the molecule is COCC1CC(NCc2ccc(C)o2)C(O)C1O. The van der Waals surface area contributed by atoms with Crippen molar-refractivity contribution in [2.75, 3.05) is 13.7 Å². The molecule has 0 saturated heterocycles. The third kappa shape index (κ3) is 2.92. The molecule has 1 fully saturated rings. The predicted molar refractivity (Wildman–Crippen MR) is 66.1 cm³/mol. The molecule has 102 valence electrons. The summed E-state index contributed by atoms with van der Waals surface area (Å²) in [5.41, 5.74) is 0. The van der Waals surface area contributed by atoms with Gasteiger partial charge in [-0.05, 0) is 25.5 Å². The molecule has 2 rings (SSSR count). The number of hydrogen-bond acceptors (Lipinski definition) is 5. The van der Waals surface area contributed by atoms with Gasteiger partial charge in [0.05, 0.1) is 25.4 Å². The summed E-state index contributed by atoms with van der Waals surface area (Å²) < 4.78 is 10.5. The first-order valence-electron chi connectivity index (χ1n) is 6.25. The van der Waals surface area contributed by atoms with Crippen molar-refractivity contribution in [3.05, 3.63) is 23.7 Å². The van der Waals surface area contributed by atoms with Crippen molar-refractivity contribution in [1.29, 1.82) is 0 Å². The maximum absolute atomic E-state index is 9.94. The van der Waals surface area contributed by atoms with Gasteiger partial charge in [-0.1, -0.05) is 0 Å². The molecule has 0 amide bonds. The van der Waals surface area contributed by atoms with Crippen LogP contribution in [0.5, 0.6) is 0 Å². The van der Waals surface area contributed by atoms with Gasteiger partial charge in [-0.2, -0.15) is 0 Å². The summed E-state index contributed by atoms with van der Waals surface area (Å²) in [5.74, 6) is 1.70. The van der Waals surface area contributed by atoms with E-state index < -0.39 is 12.2 Å². The van der Waals surface area contributed by atoms with E-state index in [1.807, 2.05) is 19.1 Å². The van der Waals surface area contributed by atoms with Gasteiger partial charge in [-0.15, -0.1) is 0 Å². The first-order chi connectivity index (χ1) is 8.61. The first kappa shape index (κ1) is 13.5. The molecule has 1 heterocycles. The molecule has 1 aromatic heterocycles. The van der Waals surface area contributed by atoms with Crippen LogP contribution in [0.25, 0.3) is 0 Å². The molecule has 4 unspecified atom stereocenters. The first-order valence-corrected chi connectivity index (χ1v) is 6.25. The van der Waals surface area contributed by atoms with Crippen LogP contribution in [0.3, 0.4) is 0 Å². The zero-order valence-corrected chi connectivity index (χ0v) is 10.8. The molecular weight excluding hydrogens is 234 g/mol. The maximum atomic E-state index is 9.94. The minimum absolute atomic E-state index is 0.0131. The molecule has 1 aliphatic carbocycles. The number of aryl methyl sites for hydroxylation is 1. The van der Waals surface area contributed by atoms with E-state index in [2.05, 4.69) is 5.32 Å². The Hall–Kier alpha value is -0.880. The summed E-state index contributed by atoms with van der Waals surface area (Å²) in [4.78, 5) is 0. The van der Waals surface area contributed by atoms with Crippen LogP contribution in [-0.4, -0.2) is 42.2 Å². The van der Waals surface area contributed by atoms with E-state index in [0.717, 1.165) is 11.5 Å². The van der Waals surface area contributed by atoms with Crippen molar-refractivity contribution in [3.8, 4) is 0 Å². The number of furan rings is 1. The van der Waals surface area contributed by atoms with Crippen LogP contribution in [0.2, 0.25) is 0 Å². The zero-order valence-electron chi connectivity index (χ0n) is 10.8. The van der Waals surface area contributed by atoms with E-state index in [0.29, 0.717) is 19.6 Å². The summed E-state index contributed by atoms with van der Waals surface area (Å²) >= 11 is 0. The molecule has 0 spiro atoms. The van der Waals surface area contributed by atoms with E-state index in [9.17, 15) is 10.2 Å². The molecule has 1 aromatic rings. The van der Waals surface area contributed by atoms with Crippen molar-refractivity contribution < 1.29 is 19.4 Å². The Morgan fingerprint density at radius 3 is 2.78 bits per heavy atom. The van der Waals surface area contributed by atoms with E-state index in [-0.39, 0.29) is 12.0 Å². The third-order valence-corrected chi connectivity index (χ3v) is 3.52. The lowest BCUT2D eigenvalue weighted by molar-refractivity contribution is -0.00609. The number of aliphatic hydroxyl groups is 2. The minimum atomic E-state index is -0.749. The van der Waals surface area contributed by atoms with Crippen LogP contribution in [0.4, 0.5) is 0 Å². The predicted octanol–water partition coefficient (Wildman–Crippen LogP) is 0.434. The highest BCUT2D eigenvalue weighted by Gasteiger charge is 2.40. The van der Waals surface area contributed by atoms with Gasteiger partial charge in [0.1, 0.15) is 11.5 Å². The molecule has 1 saturated carbocycles. The molecule has 0 aromatic carbocycles. The maximum Gasteiger partial charge on any atom is 0.117 e. The second-order valence-corrected chi connectivity index (χ2v) is 4.93. The monoisotopic (exact) mass is 255 g/mol. The Kier molecular flexibility index (Phi) is 4.40. The summed E-state index contributed by atoms with van der Waals surface area (Å²) in [6.45, 7) is 2.92. The molecule has 5 nitrogen and oxygen atoms in total. The van der Waals surface area contributed by atoms with Crippen LogP contribution in [0.15, 0.2) is 16.5 Å². The van der Waals surface area contributed by atoms with Gasteiger partial charge in [0, 0.05) is 19.1 Å². The molecule has 3 N–H and O–H groups in total. The Morgan fingerprint density at radius 1 is 1.39 bits per heavy atom. The van der Waals surface area contributed by atoms with Gasteiger partial charge < -0.3 is 24.7 Å². The summed E-state index contributed by atoms with van der Waals surface area (Å²) in [7, 11) is 1.60. The molecule has 18 heavy (non-hydrogen) atoms. The lowest BCUT2D eigenvalue weighted by Crippen LogP contribution is -2.39. The fourth-order valence-corrected chi connectivity index (χ4v) is 2.52. The van der Waals surface area contributed by atoms with Crippen molar-refractivity contribution in [3.63, 3.8) is 0 Å². The molecular formula is C13H21NO4.